The molecule has 0 aromatic heterocycles. The van der Waals surface area contributed by atoms with E-state index in [4.69, 9.17) is 4.74 Å². The van der Waals surface area contributed by atoms with Crippen LogP contribution >= 0.6 is 0 Å². The molecular weight excluding hydrogens is 226 g/mol. The predicted octanol–water partition coefficient (Wildman–Crippen LogP) is 2.70. The molecule has 0 N–H and O–H groups in total. The average Bonchev–Trinajstić information content (AvgIpc) is 2.32. The van der Waals surface area contributed by atoms with Crippen LogP contribution in [0.15, 0.2) is 0 Å². The standard InChI is InChI=1S/C15H27NO2/c1-5-18-13-8-6-7-11-15(17)16(4)12-9-10-14(2)3/h14H,5-8,11-13H2,1-4H3. The fourth-order valence-electron chi connectivity index (χ4n) is 1.45. The lowest BCUT2D eigenvalue weighted by Gasteiger charge is -2.13. The van der Waals surface area contributed by atoms with Gasteiger partial charge in [0.05, 0.1) is 6.54 Å². The second-order valence-electron chi connectivity index (χ2n) is 4.73. The molecular formula is C15H27NO2. The second kappa shape index (κ2) is 11.1. The van der Waals surface area contributed by atoms with Gasteiger partial charge in [-0.25, -0.2) is 0 Å². The normalized spacial score (nSPS) is 10.1. The highest BCUT2D eigenvalue weighted by Crippen LogP contribution is 2.02. The van der Waals surface area contributed by atoms with Crippen molar-refractivity contribution in [1.82, 2.24) is 4.90 Å². The maximum absolute atomic E-state index is 11.7. The zero-order valence-electron chi connectivity index (χ0n) is 12.3. The van der Waals surface area contributed by atoms with E-state index in [2.05, 4.69) is 11.8 Å². The summed E-state index contributed by atoms with van der Waals surface area (Å²) in [6.45, 7) is 8.21. The van der Waals surface area contributed by atoms with E-state index in [1.54, 1.807) is 4.90 Å². The van der Waals surface area contributed by atoms with Crippen LogP contribution in [-0.2, 0) is 9.53 Å². The van der Waals surface area contributed by atoms with Crippen LogP contribution in [0.4, 0.5) is 0 Å². The number of nitrogens with zero attached hydrogens (tertiary/aromatic N) is 1. The van der Waals surface area contributed by atoms with E-state index in [0.717, 1.165) is 32.5 Å². The van der Waals surface area contributed by atoms with Crippen molar-refractivity contribution in [3.05, 3.63) is 0 Å². The number of amides is 1. The van der Waals surface area contributed by atoms with Crippen LogP contribution in [0.5, 0.6) is 0 Å². The highest BCUT2D eigenvalue weighted by atomic mass is 16.5. The van der Waals surface area contributed by atoms with Crippen LogP contribution in [0.2, 0.25) is 0 Å². The fraction of sp³-hybridized carbons (Fsp3) is 0.800. The maximum atomic E-state index is 11.7. The number of carbonyl (C=O) groups excluding carboxylic acids is 1. The van der Waals surface area contributed by atoms with E-state index in [1.807, 2.05) is 27.8 Å². The van der Waals surface area contributed by atoms with Crippen LogP contribution < -0.4 is 0 Å². The van der Waals surface area contributed by atoms with Gasteiger partial charge in [-0.1, -0.05) is 32.1 Å². The summed E-state index contributed by atoms with van der Waals surface area (Å²) in [6.07, 6.45) is 3.65. The lowest BCUT2D eigenvalue weighted by molar-refractivity contribution is -0.129. The van der Waals surface area contributed by atoms with Gasteiger partial charge in [0, 0.05) is 32.6 Å². The molecule has 0 saturated heterocycles. The molecule has 104 valence electrons. The molecule has 0 radical (unpaired) electrons. The van der Waals surface area contributed by atoms with Crippen LogP contribution in [0.1, 0.15) is 46.5 Å². The molecule has 0 heterocycles. The van der Waals surface area contributed by atoms with Gasteiger partial charge in [0.25, 0.3) is 0 Å². The van der Waals surface area contributed by atoms with Gasteiger partial charge in [-0.2, -0.15) is 0 Å². The smallest absolute Gasteiger partial charge is 0.223 e. The summed E-state index contributed by atoms with van der Waals surface area (Å²) in [7, 11) is 1.82. The Bertz CT molecular complexity index is 276. The number of ether oxygens (including phenoxy) is 1. The Morgan fingerprint density at radius 2 is 2.00 bits per heavy atom. The van der Waals surface area contributed by atoms with Crippen LogP contribution in [-0.4, -0.2) is 37.6 Å². The molecule has 1 amide bonds. The van der Waals surface area contributed by atoms with Gasteiger partial charge in [-0.15, -0.1) is 0 Å². The Balaban J connectivity index is 3.60. The van der Waals surface area contributed by atoms with Gasteiger partial charge in [0.2, 0.25) is 5.91 Å². The molecule has 3 nitrogen and oxygen atoms in total. The van der Waals surface area contributed by atoms with E-state index < -0.39 is 0 Å². The third-order valence-electron chi connectivity index (χ3n) is 2.52. The lowest BCUT2D eigenvalue weighted by Crippen LogP contribution is -2.26. The van der Waals surface area contributed by atoms with Gasteiger partial charge in [-0.3, -0.25) is 4.79 Å². The Hall–Kier alpha value is -1.01. The average molecular weight is 253 g/mol. The summed E-state index contributed by atoms with van der Waals surface area (Å²) in [5, 5.41) is 0. The molecule has 0 aliphatic heterocycles. The molecule has 0 atom stereocenters. The van der Waals surface area contributed by atoms with E-state index in [9.17, 15) is 4.79 Å². The molecule has 0 aromatic carbocycles. The molecule has 0 bridgehead atoms. The quantitative estimate of drug-likeness (QED) is 0.492. The van der Waals surface area contributed by atoms with Gasteiger partial charge >= 0.3 is 0 Å². The van der Waals surface area contributed by atoms with E-state index in [-0.39, 0.29) is 5.91 Å². The number of unbranched alkanes of at least 4 members (excludes halogenated alkanes) is 2. The predicted molar refractivity (Wildman–Crippen MR) is 75.2 cm³/mol. The van der Waals surface area contributed by atoms with Gasteiger partial charge < -0.3 is 9.64 Å². The van der Waals surface area contributed by atoms with Crippen molar-refractivity contribution in [3.8, 4) is 11.8 Å². The first-order chi connectivity index (χ1) is 8.57. The third-order valence-corrected chi connectivity index (χ3v) is 2.52. The highest BCUT2D eigenvalue weighted by Gasteiger charge is 2.06. The Morgan fingerprint density at radius 3 is 2.61 bits per heavy atom. The van der Waals surface area contributed by atoms with Crippen molar-refractivity contribution >= 4 is 5.91 Å². The van der Waals surface area contributed by atoms with Gasteiger partial charge in [0.1, 0.15) is 0 Å². The van der Waals surface area contributed by atoms with Gasteiger partial charge in [0.15, 0.2) is 0 Å². The maximum Gasteiger partial charge on any atom is 0.223 e. The first-order valence-corrected chi connectivity index (χ1v) is 6.88. The summed E-state index contributed by atoms with van der Waals surface area (Å²) in [5.74, 6) is 6.63. The summed E-state index contributed by atoms with van der Waals surface area (Å²) >= 11 is 0. The molecule has 18 heavy (non-hydrogen) atoms. The monoisotopic (exact) mass is 253 g/mol. The number of rotatable bonds is 8. The summed E-state index contributed by atoms with van der Waals surface area (Å²) in [4.78, 5) is 13.4. The number of hydrogen-bond acceptors (Lipinski definition) is 2. The summed E-state index contributed by atoms with van der Waals surface area (Å²) in [5.41, 5.74) is 0. The fourth-order valence-corrected chi connectivity index (χ4v) is 1.45. The van der Waals surface area contributed by atoms with Crippen molar-refractivity contribution in [3.63, 3.8) is 0 Å². The van der Waals surface area contributed by atoms with Crippen molar-refractivity contribution < 1.29 is 9.53 Å². The number of carbonyl (C=O) groups is 1. The van der Waals surface area contributed by atoms with Crippen LogP contribution in [0, 0.1) is 17.8 Å². The molecule has 3 heteroatoms. The largest absolute Gasteiger partial charge is 0.382 e. The topological polar surface area (TPSA) is 29.5 Å². The molecule has 0 aliphatic carbocycles. The first-order valence-electron chi connectivity index (χ1n) is 6.88. The highest BCUT2D eigenvalue weighted by molar-refractivity contribution is 5.76. The van der Waals surface area contributed by atoms with Crippen molar-refractivity contribution in [2.75, 3.05) is 26.8 Å². The minimum atomic E-state index is 0.185. The summed E-state index contributed by atoms with van der Waals surface area (Å²) in [6, 6.07) is 0. The minimum Gasteiger partial charge on any atom is -0.382 e. The Labute approximate surface area is 112 Å². The lowest BCUT2D eigenvalue weighted by atomic mass is 10.2. The van der Waals surface area contributed by atoms with Gasteiger partial charge in [-0.05, 0) is 19.8 Å². The molecule has 0 rings (SSSR count). The zero-order chi connectivity index (χ0) is 13.8. The second-order valence-corrected chi connectivity index (χ2v) is 4.73. The molecule has 0 spiro atoms. The van der Waals surface area contributed by atoms with Crippen molar-refractivity contribution in [1.29, 1.82) is 0 Å². The van der Waals surface area contributed by atoms with E-state index in [0.29, 0.717) is 18.9 Å². The molecule has 0 fully saturated rings. The molecule has 0 aliphatic rings. The van der Waals surface area contributed by atoms with E-state index >= 15 is 0 Å². The summed E-state index contributed by atoms with van der Waals surface area (Å²) < 4.78 is 5.25. The van der Waals surface area contributed by atoms with Crippen LogP contribution in [0.25, 0.3) is 0 Å². The minimum absolute atomic E-state index is 0.185. The first kappa shape index (κ1) is 17.0. The van der Waals surface area contributed by atoms with Crippen molar-refractivity contribution in [2.45, 2.75) is 46.5 Å². The SMILES string of the molecule is CCOCCCCCC(=O)N(C)CC#CC(C)C. The molecule has 0 aromatic rings. The van der Waals surface area contributed by atoms with E-state index in [1.165, 1.54) is 0 Å². The zero-order valence-corrected chi connectivity index (χ0v) is 12.3. The Kier molecular flexibility index (Phi) is 10.5. The molecule has 0 unspecified atom stereocenters. The Morgan fingerprint density at radius 1 is 1.28 bits per heavy atom. The van der Waals surface area contributed by atoms with Crippen LogP contribution in [0.3, 0.4) is 0 Å². The number of hydrogen-bond donors (Lipinski definition) is 0. The molecule has 0 saturated carbocycles. The third kappa shape index (κ3) is 10.2. The van der Waals surface area contributed by atoms with Crippen molar-refractivity contribution in [2.24, 2.45) is 5.92 Å².